The van der Waals surface area contributed by atoms with E-state index in [1.54, 1.807) is 13.1 Å². The number of nitrogens with one attached hydrogen (secondary N) is 1. The Morgan fingerprint density at radius 1 is 1.50 bits per heavy atom. The van der Waals surface area contributed by atoms with Gasteiger partial charge in [-0.3, -0.25) is 9.48 Å². The number of halogens is 3. The first kappa shape index (κ1) is 15.8. The van der Waals surface area contributed by atoms with Gasteiger partial charge in [0.1, 0.15) is 13.1 Å². The highest BCUT2D eigenvalue weighted by Crippen LogP contribution is 2.16. The Bertz CT molecular complexity index is 486. The maximum Gasteiger partial charge on any atom is 0.406 e. The molecular formula is C10H13F3N4O3. The van der Waals surface area contributed by atoms with Gasteiger partial charge in [-0.15, -0.1) is 0 Å². The standard InChI is InChI=1S/C10H13F3N4O3/c1-16-7(2-3-15-16)4-14-9(20)17(5-8(18)19)6-10(11,12)13/h2-3H,4-6H2,1H3,(H,14,20)(H,18,19). The number of aliphatic carboxylic acids is 1. The van der Waals surface area contributed by atoms with E-state index in [2.05, 4.69) is 10.4 Å². The van der Waals surface area contributed by atoms with Gasteiger partial charge in [0.15, 0.2) is 0 Å². The lowest BCUT2D eigenvalue weighted by molar-refractivity contribution is -0.148. The number of carbonyl (C=O) groups excluding carboxylic acids is 1. The molecule has 0 radical (unpaired) electrons. The quantitative estimate of drug-likeness (QED) is 0.831. The number of carboxylic acid groups (broad SMARTS) is 1. The molecule has 0 unspecified atom stereocenters. The molecule has 0 fully saturated rings. The van der Waals surface area contributed by atoms with Crippen molar-refractivity contribution in [1.82, 2.24) is 20.0 Å². The molecule has 1 heterocycles. The lowest BCUT2D eigenvalue weighted by Gasteiger charge is -2.22. The van der Waals surface area contributed by atoms with Crippen molar-refractivity contribution in [2.24, 2.45) is 7.05 Å². The molecule has 0 atom stereocenters. The van der Waals surface area contributed by atoms with Crippen LogP contribution < -0.4 is 5.32 Å². The Hall–Kier alpha value is -2.26. The smallest absolute Gasteiger partial charge is 0.406 e. The lowest BCUT2D eigenvalue weighted by atomic mass is 10.4. The Labute approximate surface area is 112 Å². The second-order valence-corrected chi connectivity index (χ2v) is 3.97. The summed E-state index contributed by atoms with van der Waals surface area (Å²) >= 11 is 0. The molecule has 1 aromatic rings. The highest BCUT2D eigenvalue weighted by molar-refractivity contribution is 5.80. The van der Waals surface area contributed by atoms with E-state index in [0.29, 0.717) is 5.69 Å². The topological polar surface area (TPSA) is 87.5 Å². The minimum absolute atomic E-state index is 0.0523. The first-order valence-electron chi connectivity index (χ1n) is 5.47. The van der Waals surface area contributed by atoms with Crippen LogP contribution in [0.15, 0.2) is 12.3 Å². The van der Waals surface area contributed by atoms with Crippen LogP contribution in [0.25, 0.3) is 0 Å². The van der Waals surface area contributed by atoms with Crippen LogP contribution in [0.4, 0.5) is 18.0 Å². The molecule has 1 aromatic heterocycles. The van der Waals surface area contributed by atoms with Crippen LogP contribution in [0.3, 0.4) is 0 Å². The fourth-order valence-electron chi connectivity index (χ4n) is 1.43. The molecule has 0 spiro atoms. The van der Waals surface area contributed by atoms with Crippen LogP contribution >= 0.6 is 0 Å². The number of nitrogens with zero attached hydrogens (tertiary/aromatic N) is 3. The molecule has 7 nitrogen and oxygen atoms in total. The third-order valence-electron chi connectivity index (χ3n) is 2.33. The van der Waals surface area contributed by atoms with Gasteiger partial charge in [-0.2, -0.15) is 18.3 Å². The lowest BCUT2D eigenvalue weighted by Crippen LogP contribution is -2.47. The maximum atomic E-state index is 12.3. The van der Waals surface area contributed by atoms with Crippen molar-refractivity contribution in [3.63, 3.8) is 0 Å². The second kappa shape index (κ2) is 6.26. The molecule has 0 aliphatic heterocycles. The Balaban J connectivity index is 2.63. The van der Waals surface area contributed by atoms with Crippen LogP contribution in [0.2, 0.25) is 0 Å². The number of carboxylic acids is 1. The van der Waals surface area contributed by atoms with Crippen LogP contribution in [0, 0.1) is 0 Å². The summed E-state index contributed by atoms with van der Waals surface area (Å²) in [5.74, 6) is -1.52. The first-order valence-corrected chi connectivity index (χ1v) is 5.47. The molecule has 1 rings (SSSR count). The summed E-state index contributed by atoms with van der Waals surface area (Å²) in [7, 11) is 1.60. The minimum Gasteiger partial charge on any atom is -0.480 e. The summed E-state index contributed by atoms with van der Waals surface area (Å²) in [4.78, 5) is 22.2. The van der Waals surface area contributed by atoms with Crippen molar-refractivity contribution in [3.05, 3.63) is 18.0 Å². The predicted molar refractivity (Wildman–Crippen MR) is 60.7 cm³/mol. The molecule has 0 aliphatic rings. The van der Waals surface area contributed by atoms with Crippen molar-refractivity contribution < 1.29 is 27.9 Å². The first-order chi connectivity index (χ1) is 9.19. The van der Waals surface area contributed by atoms with Crippen LogP contribution in [0.1, 0.15) is 5.69 Å². The number of hydrogen-bond donors (Lipinski definition) is 2. The second-order valence-electron chi connectivity index (χ2n) is 3.97. The SMILES string of the molecule is Cn1nccc1CNC(=O)N(CC(=O)O)CC(F)(F)F. The number of urea groups is 1. The third kappa shape index (κ3) is 5.16. The number of amides is 2. The molecule has 2 N–H and O–H groups in total. The van der Waals surface area contributed by atoms with E-state index >= 15 is 0 Å². The zero-order valence-electron chi connectivity index (χ0n) is 10.5. The molecule has 20 heavy (non-hydrogen) atoms. The molecule has 10 heteroatoms. The Kier molecular flexibility index (Phi) is 4.94. The molecule has 0 aromatic carbocycles. The zero-order valence-corrected chi connectivity index (χ0v) is 10.5. The van der Waals surface area contributed by atoms with Crippen molar-refractivity contribution in [3.8, 4) is 0 Å². The van der Waals surface area contributed by atoms with Crippen LogP contribution in [-0.2, 0) is 18.4 Å². The van der Waals surface area contributed by atoms with Gasteiger partial charge < -0.3 is 15.3 Å². The number of hydrogen-bond acceptors (Lipinski definition) is 3. The maximum absolute atomic E-state index is 12.3. The number of aromatic nitrogens is 2. The van der Waals surface area contributed by atoms with E-state index < -0.39 is 31.3 Å². The Morgan fingerprint density at radius 2 is 2.15 bits per heavy atom. The fourth-order valence-corrected chi connectivity index (χ4v) is 1.43. The van der Waals surface area contributed by atoms with Gasteiger partial charge in [-0.05, 0) is 6.07 Å². The molecule has 112 valence electrons. The summed E-state index contributed by atoms with van der Waals surface area (Å²) < 4.78 is 38.2. The predicted octanol–water partition coefficient (Wildman–Crippen LogP) is 0.579. The normalized spacial score (nSPS) is 11.2. The summed E-state index contributed by atoms with van der Waals surface area (Å²) in [6.45, 7) is -2.71. The van der Waals surface area contributed by atoms with E-state index in [9.17, 15) is 22.8 Å². The summed E-state index contributed by atoms with van der Waals surface area (Å²) in [5, 5.41) is 14.6. The molecule has 2 amide bonds. The molecule has 0 saturated carbocycles. The largest absolute Gasteiger partial charge is 0.480 e. The van der Waals surface area contributed by atoms with E-state index in [4.69, 9.17) is 5.11 Å². The number of aryl methyl sites for hydroxylation is 1. The van der Waals surface area contributed by atoms with Crippen molar-refractivity contribution in [1.29, 1.82) is 0 Å². The van der Waals surface area contributed by atoms with Crippen molar-refractivity contribution in [2.45, 2.75) is 12.7 Å². The van der Waals surface area contributed by atoms with Crippen molar-refractivity contribution in [2.75, 3.05) is 13.1 Å². The van der Waals surface area contributed by atoms with Gasteiger partial charge in [0.2, 0.25) is 0 Å². The minimum atomic E-state index is -4.67. The van der Waals surface area contributed by atoms with E-state index in [-0.39, 0.29) is 11.4 Å². The average Bonchev–Trinajstić information content (AvgIpc) is 2.68. The monoisotopic (exact) mass is 294 g/mol. The van der Waals surface area contributed by atoms with Crippen LogP contribution in [0.5, 0.6) is 0 Å². The summed E-state index contributed by atoms with van der Waals surface area (Å²) in [5.41, 5.74) is 0.570. The van der Waals surface area contributed by atoms with E-state index in [1.165, 1.54) is 10.9 Å². The third-order valence-corrected chi connectivity index (χ3v) is 2.33. The Morgan fingerprint density at radius 3 is 2.60 bits per heavy atom. The number of carbonyl (C=O) groups is 2. The van der Waals surface area contributed by atoms with E-state index in [0.717, 1.165) is 0 Å². The van der Waals surface area contributed by atoms with Crippen LogP contribution in [-0.4, -0.2) is 51.1 Å². The fraction of sp³-hybridized carbons (Fsp3) is 0.500. The van der Waals surface area contributed by atoms with Gasteiger partial charge in [0, 0.05) is 13.2 Å². The van der Waals surface area contributed by atoms with Gasteiger partial charge in [-0.25, -0.2) is 4.79 Å². The van der Waals surface area contributed by atoms with Crippen molar-refractivity contribution >= 4 is 12.0 Å². The highest BCUT2D eigenvalue weighted by atomic mass is 19.4. The molecule has 0 bridgehead atoms. The van der Waals surface area contributed by atoms with Gasteiger partial charge in [-0.1, -0.05) is 0 Å². The number of rotatable bonds is 5. The zero-order chi connectivity index (χ0) is 15.3. The molecule has 0 saturated heterocycles. The van der Waals surface area contributed by atoms with E-state index in [1.807, 2.05) is 0 Å². The van der Waals surface area contributed by atoms with Gasteiger partial charge in [0.25, 0.3) is 0 Å². The average molecular weight is 294 g/mol. The molecule has 0 aliphatic carbocycles. The summed E-state index contributed by atoms with van der Waals surface area (Å²) in [6.07, 6.45) is -3.20. The molecular weight excluding hydrogens is 281 g/mol. The van der Waals surface area contributed by atoms with Gasteiger partial charge in [0.05, 0.1) is 12.2 Å². The van der Waals surface area contributed by atoms with Gasteiger partial charge >= 0.3 is 18.2 Å². The highest BCUT2D eigenvalue weighted by Gasteiger charge is 2.33. The number of alkyl halides is 3. The summed E-state index contributed by atoms with van der Waals surface area (Å²) in [6, 6.07) is 0.469.